The Hall–Kier alpha value is -6.53. The molecule has 26 heteroatoms. The fourth-order valence-electron chi connectivity index (χ4n) is 11.4. The molecule has 22 nitrogen and oxygen atoms in total. The fourth-order valence-corrected chi connectivity index (χ4v) is 11.7. The molecule has 0 spiro atoms. The van der Waals surface area contributed by atoms with Crippen molar-refractivity contribution >= 4 is 76.6 Å². The summed E-state index contributed by atoms with van der Waals surface area (Å²) < 4.78 is 41.2. The maximum atomic E-state index is 14.8. The number of halogens is 4. The summed E-state index contributed by atoms with van der Waals surface area (Å²) in [6.45, 7) is 16.0. The van der Waals surface area contributed by atoms with Crippen LogP contribution in [0.25, 0.3) is 0 Å². The van der Waals surface area contributed by atoms with Crippen LogP contribution in [0.15, 0.2) is 18.2 Å². The number of nitrogens with zero attached hydrogens (tertiary/aromatic N) is 7. The van der Waals surface area contributed by atoms with Crippen molar-refractivity contribution in [3.8, 4) is 0 Å². The lowest BCUT2D eigenvalue weighted by Crippen LogP contribution is -2.63. The predicted octanol–water partition coefficient (Wildman–Crippen LogP) is 5.02. The summed E-state index contributed by atoms with van der Waals surface area (Å²) in [5.41, 5.74) is -2.48. The van der Waals surface area contributed by atoms with Gasteiger partial charge in [-0.15, -0.1) is 0 Å². The van der Waals surface area contributed by atoms with Gasteiger partial charge in [0, 0.05) is 61.3 Å². The number of benzene rings is 1. The van der Waals surface area contributed by atoms with Crippen molar-refractivity contribution in [3.63, 3.8) is 0 Å². The van der Waals surface area contributed by atoms with E-state index in [1.54, 1.807) is 27.7 Å². The van der Waals surface area contributed by atoms with Crippen molar-refractivity contribution in [2.75, 3.05) is 61.9 Å². The van der Waals surface area contributed by atoms with Crippen molar-refractivity contribution in [2.24, 2.45) is 23.7 Å². The second kappa shape index (κ2) is 32.5. The Morgan fingerprint density at radius 1 is 0.652 bits per heavy atom. The Bertz CT molecular complexity index is 2730. The Balaban J connectivity index is 1.80. The summed E-state index contributed by atoms with van der Waals surface area (Å²) in [6.07, 6.45) is 0.171. The molecule has 1 aromatic carbocycles. The van der Waals surface area contributed by atoms with Gasteiger partial charge in [0.25, 0.3) is 0 Å². The molecule has 89 heavy (non-hydrogen) atoms. The quantitative estimate of drug-likeness (QED) is 0.229. The van der Waals surface area contributed by atoms with Gasteiger partial charge in [-0.2, -0.15) is 13.2 Å². The largest absolute Gasteiger partial charge is 0.417 e. The van der Waals surface area contributed by atoms with Crippen molar-refractivity contribution in [2.45, 2.75) is 213 Å². The second-order valence-electron chi connectivity index (χ2n) is 26.3. The third kappa shape index (κ3) is 20.0. The van der Waals surface area contributed by atoms with Gasteiger partial charge in [0.05, 0.1) is 23.7 Å². The number of carbonyl (C=O) groups is 11. The first-order valence-corrected chi connectivity index (χ1v) is 31.6. The van der Waals surface area contributed by atoms with E-state index in [-0.39, 0.29) is 74.8 Å². The average Bonchev–Trinajstić information content (AvgIpc) is 1.25. The molecular formula is C63H99ClF3N11O11. The first-order chi connectivity index (χ1) is 41.3. The Morgan fingerprint density at radius 2 is 1.24 bits per heavy atom. The number of aryl methyl sites for hydroxylation is 1. The van der Waals surface area contributed by atoms with E-state index < -0.39 is 155 Å². The minimum Gasteiger partial charge on any atom is -0.343 e. The van der Waals surface area contributed by atoms with Crippen LogP contribution in [0, 0.1) is 23.7 Å². The summed E-state index contributed by atoms with van der Waals surface area (Å²) in [7, 11) is 8.51. The molecule has 0 radical (unpaired) electrons. The molecule has 1 aliphatic carbocycles. The average molecular weight is 1280 g/mol. The second-order valence-corrected chi connectivity index (χ2v) is 26.7. The summed E-state index contributed by atoms with van der Waals surface area (Å²) in [6, 6.07) is -5.94. The van der Waals surface area contributed by atoms with Crippen LogP contribution in [-0.2, 0) is 65.3 Å². The van der Waals surface area contributed by atoms with E-state index >= 15 is 0 Å². The number of alkyl halides is 3. The number of carbonyl (C=O) groups excluding carboxylic acids is 11. The fraction of sp³-hybridized carbons (Fsp3) is 0.730. The number of amides is 11. The maximum Gasteiger partial charge on any atom is 0.417 e. The highest BCUT2D eigenvalue weighted by Gasteiger charge is 2.45. The minimum absolute atomic E-state index is 0.0320. The monoisotopic (exact) mass is 1280 g/mol. The molecule has 2 saturated heterocycles. The molecule has 0 unspecified atom stereocenters. The number of hydrogen-bond donors (Lipinski definition) is 4. The number of rotatable bonds is 11. The third-order valence-corrected chi connectivity index (χ3v) is 18.5. The highest BCUT2D eigenvalue weighted by molar-refractivity contribution is 6.31. The van der Waals surface area contributed by atoms with Crippen LogP contribution in [-0.4, -0.2) is 215 Å². The molecule has 2 heterocycles. The van der Waals surface area contributed by atoms with Crippen LogP contribution in [0.1, 0.15) is 157 Å². The molecule has 11 amide bonds. The van der Waals surface area contributed by atoms with Gasteiger partial charge in [-0.05, 0) is 108 Å². The lowest BCUT2D eigenvalue weighted by molar-refractivity contribution is -0.158. The number of fused-ring (bicyclic) bond motifs is 1. The van der Waals surface area contributed by atoms with E-state index in [1.807, 2.05) is 20.8 Å². The summed E-state index contributed by atoms with van der Waals surface area (Å²) in [5.74, 6) is -7.94. The van der Waals surface area contributed by atoms with Crippen molar-refractivity contribution in [1.29, 1.82) is 0 Å². The third-order valence-electron chi connectivity index (χ3n) is 18.2. The molecule has 1 saturated carbocycles. The lowest BCUT2D eigenvalue weighted by atomic mass is 9.84. The number of hydrogen-bond acceptors (Lipinski definition) is 11. The molecule has 0 bridgehead atoms. The molecule has 9 atom stereocenters. The maximum absolute atomic E-state index is 14.8. The zero-order valence-corrected chi connectivity index (χ0v) is 55.9. The van der Waals surface area contributed by atoms with Gasteiger partial charge in [-0.1, -0.05) is 97.7 Å². The summed E-state index contributed by atoms with van der Waals surface area (Å²) in [5, 5.41) is 10.5. The number of nitrogens with one attached hydrogen (secondary N) is 4. The van der Waals surface area contributed by atoms with Gasteiger partial charge < -0.3 is 55.6 Å². The molecule has 4 N–H and O–H groups in total. The summed E-state index contributed by atoms with van der Waals surface area (Å²) in [4.78, 5) is 167. The lowest BCUT2D eigenvalue weighted by Gasteiger charge is -2.44. The Kier molecular flexibility index (Phi) is 27.3. The van der Waals surface area contributed by atoms with Crippen LogP contribution in [0.4, 0.5) is 13.2 Å². The van der Waals surface area contributed by atoms with Crippen molar-refractivity contribution < 1.29 is 65.9 Å². The molecule has 3 fully saturated rings. The van der Waals surface area contributed by atoms with Crippen LogP contribution in [0.5, 0.6) is 0 Å². The van der Waals surface area contributed by atoms with Gasteiger partial charge in [0.1, 0.15) is 47.8 Å². The first-order valence-electron chi connectivity index (χ1n) is 31.3. The summed E-state index contributed by atoms with van der Waals surface area (Å²) >= 11 is 6.09. The molecule has 2 aliphatic heterocycles. The molecule has 4 rings (SSSR count). The first kappa shape index (κ1) is 74.9. The van der Waals surface area contributed by atoms with E-state index in [4.69, 9.17) is 11.6 Å². The Labute approximate surface area is 528 Å². The highest BCUT2D eigenvalue weighted by Crippen LogP contribution is 2.36. The number of likely N-dealkylation sites (N-methyl/N-ethyl adjacent to an activating group) is 6. The van der Waals surface area contributed by atoms with Crippen molar-refractivity contribution in [3.05, 3.63) is 34.3 Å². The molecule has 1 aromatic rings. The Morgan fingerprint density at radius 3 is 1.78 bits per heavy atom. The topological polar surface area (TPSA) is 259 Å². The van der Waals surface area contributed by atoms with E-state index in [9.17, 15) is 65.9 Å². The minimum atomic E-state index is -4.75. The zero-order valence-electron chi connectivity index (χ0n) is 55.1. The van der Waals surface area contributed by atoms with Crippen LogP contribution in [0.2, 0.25) is 5.02 Å². The van der Waals surface area contributed by atoms with Crippen molar-refractivity contribution in [1.82, 2.24) is 55.6 Å². The van der Waals surface area contributed by atoms with E-state index in [2.05, 4.69) is 21.3 Å². The predicted molar refractivity (Wildman–Crippen MR) is 330 cm³/mol. The normalized spacial score (nSPS) is 26.4. The molecule has 3 aliphatic rings. The van der Waals surface area contributed by atoms with Gasteiger partial charge in [-0.25, -0.2) is 0 Å². The SMILES string of the molecule is CC[C@H](C)[C@@H]1NC(=O)[C@H](C)N(C)C(=O)C[C@@H](C)N(C)C(=O)[C@H](CC(C)C)NC(=O)C(C)(C)N(C)C(=O)[C@H](CC(C)C)NC(=O)[C@H](CCc2ccc(C(F)(F)F)c(Cl)c2)NC(=O)CN(C)C(=O)[C@H](CC2CCCCC2)N(C)C(=O)[C@@H]2CCN2C(=O)CN(C)C1=O. The standard InChI is InChI=1S/C63H99ClF3N11O11/c1-17-38(6)53-60(88)73(12)35-52(81)78-28-27-48(78)59(87)76(15)49(33-41-21-19-18-20-22-41)58(86)72(11)34-50(79)68-45(26-24-42-23-25-43(44(64)32-42)63(65,66)67)55(83)69-47(30-37(4)5)57(85)77(16)62(9,10)61(89)70-46(29-36(2)3)56(84)74(13)39(7)31-51(80)75(14)40(8)54(82)71-53/h23,25,32,36-41,45-49,53H,17-22,24,26-31,33-35H2,1-16H3,(H,68,79)(H,69,83)(H,70,89)(H,71,82)/t38-,39+,40-,45-,46-,47-,48-,49-,53-/m0/s1. The molecule has 500 valence electrons. The highest BCUT2D eigenvalue weighted by atomic mass is 35.5. The smallest absolute Gasteiger partial charge is 0.343 e. The molecule has 0 aromatic heterocycles. The van der Waals surface area contributed by atoms with E-state index in [0.29, 0.717) is 6.42 Å². The van der Waals surface area contributed by atoms with Gasteiger partial charge in [0.2, 0.25) is 65.0 Å². The van der Waals surface area contributed by atoms with Crippen LogP contribution in [0.3, 0.4) is 0 Å². The van der Waals surface area contributed by atoms with Gasteiger partial charge in [0.15, 0.2) is 0 Å². The van der Waals surface area contributed by atoms with Crippen LogP contribution < -0.4 is 21.3 Å². The van der Waals surface area contributed by atoms with E-state index in [1.165, 1.54) is 93.6 Å². The van der Waals surface area contributed by atoms with Gasteiger partial charge >= 0.3 is 6.18 Å². The van der Waals surface area contributed by atoms with E-state index in [0.717, 1.165) is 54.0 Å². The van der Waals surface area contributed by atoms with Crippen LogP contribution >= 0.6 is 11.6 Å². The van der Waals surface area contributed by atoms with Gasteiger partial charge in [-0.3, -0.25) is 52.7 Å². The molecular weight excluding hydrogens is 1180 g/mol. The zero-order chi connectivity index (χ0) is 67.3.